The van der Waals surface area contributed by atoms with Crippen LogP contribution in [0.3, 0.4) is 0 Å². The lowest BCUT2D eigenvalue weighted by molar-refractivity contribution is -0.145. The lowest BCUT2D eigenvalue weighted by Crippen LogP contribution is -2.59. The van der Waals surface area contributed by atoms with Gasteiger partial charge in [-0.05, 0) is 69.7 Å². The monoisotopic (exact) mass is 778 g/mol. The lowest BCUT2D eigenvalue weighted by atomic mass is 10.0. The van der Waals surface area contributed by atoms with Gasteiger partial charge in [-0.15, -0.1) is 0 Å². The SMILES string of the molecule is C[C@H](N)C(=O)NCC(=O)N[C@@H](Cc1ccc(O)cc1)C(=O)N[C@@H](CCCCN)C(=O)N1CCC[C@H]1C(=O)N[C@@H](CC(=O)O)C(=O)N[C@@H](CCC(=O)O)C(=O)O. The molecule has 0 aromatic heterocycles. The summed E-state index contributed by atoms with van der Waals surface area (Å²) in [6, 6.07) is -2.36. The van der Waals surface area contributed by atoms with Gasteiger partial charge in [-0.2, -0.15) is 0 Å². The van der Waals surface area contributed by atoms with Gasteiger partial charge in [0.15, 0.2) is 0 Å². The number of hydrogen-bond acceptors (Lipinski definition) is 12. The van der Waals surface area contributed by atoms with Crippen LogP contribution in [0.4, 0.5) is 0 Å². The number of phenolic OH excluding ortho intramolecular Hbond substituents is 1. The Morgan fingerprint density at radius 1 is 0.800 bits per heavy atom. The average Bonchev–Trinajstić information content (AvgIpc) is 3.62. The van der Waals surface area contributed by atoms with Gasteiger partial charge in [0.2, 0.25) is 35.4 Å². The van der Waals surface area contributed by atoms with Crippen LogP contribution in [0.25, 0.3) is 0 Å². The third kappa shape index (κ3) is 15.6. The van der Waals surface area contributed by atoms with Crippen molar-refractivity contribution in [3.63, 3.8) is 0 Å². The fourth-order valence-corrected chi connectivity index (χ4v) is 5.63. The number of nitrogens with two attached hydrogens (primary N) is 2. The van der Waals surface area contributed by atoms with Gasteiger partial charge in [-0.1, -0.05) is 12.1 Å². The summed E-state index contributed by atoms with van der Waals surface area (Å²) in [6.07, 6.45) is -0.906. The molecule has 21 nitrogen and oxygen atoms in total. The first-order valence-corrected chi connectivity index (χ1v) is 17.6. The molecule has 1 fully saturated rings. The number of carboxylic acids is 3. The number of hydrogen-bond donors (Lipinski definition) is 11. The van der Waals surface area contributed by atoms with Crippen LogP contribution in [0.2, 0.25) is 0 Å². The molecule has 1 aromatic carbocycles. The molecule has 1 aliphatic rings. The molecule has 6 amide bonds. The molecule has 0 saturated carbocycles. The molecule has 0 aliphatic carbocycles. The van der Waals surface area contributed by atoms with Crippen molar-refractivity contribution in [3.05, 3.63) is 29.8 Å². The molecule has 1 aliphatic heterocycles. The van der Waals surface area contributed by atoms with E-state index >= 15 is 0 Å². The quantitative estimate of drug-likeness (QED) is 0.0490. The Kier molecular flexibility index (Phi) is 18.5. The van der Waals surface area contributed by atoms with Crippen LogP contribution >= 0.6 is 0 Å². The Morgan fingerprint density at radius 2 is 1.44 bits per heavy atom. The Labute approximate surface area is 315 Å². The summed E-state index contributed by atoms with van der Waals surface area (Å²) in [7, 11) is 0. The maximum Gasteiger partial charge on any atom is 0.326 e. The van der Waals surface area contributed by atoms with Crippen LogP contribution in [-0.4, -0.2) is 135 Å². The fourth-order valence-electron chi connectivity index (χ4n) is 5.63. The molecule has 1 saturated heterocycles. The van der Waals surface area contributed by atoms with E-state index in [1.165, 1.54) is 36.1 Å². The molecule has 0 spiro atoms. The first-order chi connectivity index (χ1) is 25.9. The number of carboxylic acid groups (broad SMARTS) is 3. The van der Waals surface area contributed by atoms with Crippen LogP contribution in [0.15, 0.2) is 24.3 Å². The number of aromatic hydroxyl groups is 1. The molecule has 0 radical (unpaired) electrons. The zero-order valence-corrected chi connectivity index (χ0v) is 30.3. The molecule has 55 heavy (non-hydrogen) atoms. The van der Waals surface area contributed by atoms with Gasteiger partial charge in [0.25, 0.3) is 0 Å². The standard InChI is InChI=1S/C34H50N8O13/c1-18(36)29(49)37-17-26(44)38-23(15-19-7-9-20(43)10-8-19)30(50)39-21(5-2-3-13-35)33(53)42-14-4-6-25(42)32(52)41-24(16-28(47)48)31(51)40-22(34(54)55)11-12-27(45)46/h7-10,18,21-25,43H,2-6,11-17,35-36H2,1H3,(H,37,49)(H,38,44)(H,39,50)(H,40,51)(H,41,52)(H,45,46)(H,47,48)(H,54,55)/t18-,21-,22-,23-,24-,25-/m0/s1. The maximum absolute atomic E-state index is 14.1. The van der Waals surface area contributed by atoms with E-state index in [4.69, 9.17) is 16.6 Å². The molecular formula is C34H50N8O13. The summed E-state index contributed by atoms with van der Waals surface area (Å²) < 4.78 is 0. The molecule has 1 heterocycles. The molecule has 2 rings (SSSR count). The largest absolute Gasteiger partial charge is 0.508 e. The molecule has 0 unspecified atom stereocenters. The van der Waals surface area contributed by atoms with Crippen molar-refractivity contribution in [3.8, 4) is 5.75 Å². The van der Waals surface area contributed by atoms with E-state index in [-0.39, 0.29) is 38.1 Å². The lowest BCUT2D eigenvalue weighted by Gasteiger charge is -2.31. The third-order valence-electron chi connectivity index (χ3n) is 8.54. The topological polar surface area (TPSA) is 350 Å². The van der Waals surface area contributed by atoms with Gasteiger partial charge in [-0.25, -0.2) is 4.79 Å². The number of likely N-dealkylation sites (tertiary alicyclic amines) is 1. The highest BCUT2D eigenvalue weighted by Gasteiger charge is 2.40. The summed E-state index contributed by atoms with van der Waals surface area (Å²) in [5, 5.41) is 49.3. The number of nitrogens with zero attached hydrogens (tertiary/aromatic N) is 1. The number of benzene rings is 1. The van der Waals surface area contributed by atoms with Gasteiger partial charge < -0.3 is 63.4 Å². The Balaban J connectivity index is 2.30. The number of rotatable bonds is 23. The summed E-state index contributed by atoms with van der Waals surface area (Å²) >= 11 is 0. The van der Waals surface area contributed by atoms with Crippen molar-refractivity contribution in [2.75, 3.05) is 19.6 Å². The summed E-state index contributed by atoms with van der Waals surface area (Å²) in [6.45, 7) is 1.21. The van der Waals surface area contributed by atoms with Crippen LogP contribution < -0.4 is 38.1 Å². The van der Waals surface area contributed by atoms with E-state index < -0.39 is 115 Å². The van der Waals surface area contributed by atoms with E-state index in [2.05, 4.69) is 26.6 Å². The highest BCUT2D eigenvalue weighted by molar-refractivity contribution is 5.97. The number of unbranched alkanes of at least 4 members (excludes halogenated alkanes) is 1. The number of amides is 6. The van der Waals surface area contributed by atoms with Crippen molar-refractivity contribution >= 4 is 53.4 Å². The smallest absolute Gasteiger partial charge is 0.326 e. The Bertz CT molecular complexity index is 1560. The molecule has 0 bridgehead atoms. The number of carbonyl (C=O) groups excluding carboxylic acids is 6. The van der Waals surface area contributed by atoms with Gasteiger partial charge in [-0.3, -0.25) is 38.4 Å². The summed E-state index contributed by atoms with van der Waals surface area (Å²) in [5.41, 5.74) is 11.7. The third-order valence-corrected chi connectivity index (χ3v) is 8.54. The summed E-state index contributed by atoms with van der Waals surface area (Å²) in [5.74, 6) is -9.45. The highest BCUT2D eigenvalue weighted by atomic mass is 16.4. The zero-order chi connectivity index (χ0) is 41.2. The first-order valence-electron chi connectivity index (χ1n) is 17.6. The van der Waals surface area contributed by atoms with Crippen molar-refractivity contribution in [2.45, 2.75) is 101 Å². The van der Waals surface area contributed by atoms with Crippen molar-refractivity contribution < 1.29 is 63.6 Å². The molecule has 6 atom stereocenters. The van der Waals surface area contributed by atoms with Crippen molar-refractivity contribution in [1.29, 1.82) is 0 Å². The van der Waals surface area contributed by atoms with Crippen molar-refractivity contribution in [1.82, 2.24) is 31.5 Å². The van der Waals surface area contributed by atoms with Crippen molar-refractivity contribution in [2.24, 2.45) is 11.5 Å². The van der Waals surface area contributed by atoms with Gasteiger partial charge in [0.1, 0.15) is 36.0 Å². The normalized spacial score (nSPS) is 16.3. The van der Waals surface area contributed by atoms with E-state index in [1.807, 2.05) is 0 Å². The minimum atomic E-state index is -1.79. The number of aliphatic carboxylic acids is 3. The minimum absolute atomic E-state index is 0.0409. The predicted octanol–water partition coefficient (Wildman–Crippen LogP) is -3.12. The Morgan fingerprint density at radius 3 is 2.02 bits per heavy atom. The van der Waals surface area contributed by atoms with Gasteiger partial charge in [0, 0.05) is 19.4 Å². The molecule has 21 heteroatoms. The van der Waals surface area contributed by atoms with Gasteiger partial charge in [0.05, 0.1) is 19.0 Å². The maximum atomic E-state index is 14.1. The molecule has 1 aromatic rings. The van der Waals surface area contributed by atoms with E-state index in [0.29, 0.717) is 24.8 Å². The summed E-state index contributed by atoms with van der Waals surface area (Å²) in [4.78, 5) is 114. The number of nitrogens with one attached hydrogen (secondary N) is 5. The second-order valence-corrected chi connectivity index (χ2v) is 13.0. The molecule has 304 valence electrons. The fraction of sp³-hybridized carbons (Fsp3) is 0.559. The average molecular weight is 779 g/mol. The highest BCUT2D eigenvalue weighted by Crippen LogP contribution is 2.21. The number of carbonyl (C=O) groups is 9. The molecule has 13 N–H and O–H groups in total. The first kappa shape index (κ1) is 45.3. The van der Waals surface area contributed by atoms with Gasteiger partial charge >= 0.3 is 17.9 Å². The van der Waals surface area contributed by atoms with E-state index in [0.717, 1.165) is 0 Å². The zero-order valence-electron chi connectivity index (χ0n) is 30.3. The second kappa shape index (κ2) is 22.4. The van der Waals surface area contributed by atoms with E-state index in [9.17, 15) is 58.5 Å². The molecular weight excluding hydrogens is 728 g/mol. The van der Waals surface area contributed by atoms with Crippen LogP contribution in [-0.2, 0) is 49.6 Å². The Hall–Kier alpha value is -5.83. The van der Waals surface area contributed by atoms with Crippen LogP contribution in [0, 0.1) is 0 Å². The van der Waals surface area contributed by atoms with Crippen LogP contribution in [0.5, 0.6) is 5.75 Å². The second-order valence-electron chi connectivity index (χ2n) is 13.0. The minimum Gasteiger partial charge on any atom is -0.508 e. The predicted molar refractivity (Wildman–Crippen MR) is 191 cm³/mol. The number of phenols is 1. The van der Waals surface area contributed by atoms with Crippen LogP contribution in [0.1, 0.15) is 63.9 Å². The van der Waals surface area contributed by atoms with E-state index in [1.54, 1.807) is 0 Å².